The average molecular weight is 231 g/mol. The minimum absolute atomic E-state index is 0.290. The van der Waals surface area contributed by atoms with Crippen molar-refractivity contribution in [2.45, 2.75) is 6.92 Å². The van der Waals surface area contributed by atoms with Gasteiger partial charge in [-0.25, -0.2) is 4.79 Å². The second kappa shape index (κ2) is 6.35. The monoisotopic (exact) mass is 231 g/mol. The number of esters is 1. The SMILES string of the molecule is COC(=O)c1cc(C=CCN=[N+]=[N-])ccc1C. The quantitative estimate of drug-likeness (QED) is 0.345. The Balaban J connectivity index is 2.92. The molecule has 0 aliphatic rings. The minimum Gasteiger partial charge on any atom is -0.465 e. The van der Waals surface area contributed by atoms with Crippen LogP contribution in [0.1, 0.15) is 21.5 Å². The summed E-state index contributed by atoms with van der Waals surface area (Å²) in [6, 6.07) is 5.47. The number of hydrogen-bond donors (Lipinski definition) is 0. The summed E-state index contributed by atoms with van der Waals surface area (Å²) in [5.41, 5.74) is 10.4. The third kappa shape index (κ3) is 3.66. The topological polar surface area (TPSA) is 75.1 Å². The molecule has 17 heavy (non-hydrogen) atoms. The molecule has 0 unspecified atom stereocenters. The van der Waals surface area contributed by atoms with Gasteiger partial charge in [-0.2, -0.15) is 0 Å². The summed E-state index contributed by atoms with van der Waals surface area (Å²) < 4.78 is 4.69. The zero-order valence-electron chi connectivity index (χ0n) is 9.75. The lowest BCUT2D eigenvalue weighted by molar-refractivity contribution is 0.0600. The van der Waals surface area contributed by atoms with E-state index in [1.165, 1.54) is 7.11 Å². The molecule has 0 heterocycles. The smallest absolute Gasteiger partial charge is 0.338 e. The maximum Gasteiger partial charge on any atom is 0.338 e. The van der Waals surface area contributed by atoms with Crippen LogP contribution in [0.5, 0.6) is 0 Å². The standard InChI is InChI=1S/C12H13N3O2/c1-9-5-6-10(4-3-7-14-15-13)8-11(9)12(16)17-2/h3-6,8H,7H2,1-2H3. The van der Waals surface area contributed by atoms with E-state index in [-0.39, 0.29) is 12.5 Å². The molecule has 0 radical (unpaired) electrons. The Morgan fingerprint density at radius 3 is 3.00 bits per heavy atom. The van der Waals surface area contributed by atoms with Crippen molar-refractivity contribution >= 4 is 12.0 Å². The zero-order valence-corrected chi connectivity index (χ0v) is 9.75. The number of methoxy groups -OCH3 is 1. The van der Waals surface area contributed by atoms with E-state index in [2.05, 4.69) is 14.8 Å². The number of benzene rings is 1. The first-order valence-electron chi connectivity index (χ1n) is 5.05. The van der Waals surface area contributed by atoms with Gasteiger partial charge in [-0.1, -0.05) is 29.4 Å². The van der Waals surface area contributed by atoms with Crippen LogP contribution < -0.4 is 0 Å². The van der Waals surface area contributed by atoms with Crippen molar-refractivity contribution in [3.05, 3.63) is 51.4 Å². The number of carbonyl (C=O) groups excluding carboxylic acids is 1. The normalized spacial score (nSPS) is 10.0. The summed E-state index contributed by atoms with van der Waals surface area (Å²) in [4.78, 5) is 14.1. The Morgan fingerprint density at radius 1 is 1.59 bits per heavy atom. The Kier molecular flexibility index (Phi) is 4.78. The van der Waals surface area contributed by atoms with E-state index in [4.69, 9.17) is 5.53 Å². The molecule has 0 atom stereocenters. The fourth-order valence-electron chi connectivity index (χ4n) is 1.35. The molecule has 5 heteroatoms. The molecule has 1 aromatic rings. The largest absolute Gasteiger partial charge is 0.465 e. The van der Waals surface area contributed by atoms with Gasteiger partial charge in [0.1, 0.15) is 0 Å². The molecule has 0 fully saturated rings. The number of nitrogens with zero attached hydrogens (tertiary/aromatic N) is 3. The molecule has 0 bridgehead atoms. The fourth-order valence-corrected chi connectivity index (χ4v) is 1.35. The lowest BCUT2D eigenvalue weighted by Crippen LogP contribution is -2.03. The van der Waals surface area contributed by atoms with E-state index in [0.717, 1.165) is 11.1 Å². The van der Waals surface area contributed by atoms with Crippen LogP contribution in [-0.4, -0.2) is 19.6 Å². The minimum atomic E-state index is -0.354. The number of carbonyl (C=O) groups is 1. The average Bonchev–Trinajstić information content (AvgIpc) is 2.35. The Morgan fingerprint density at radius 2 is 2.35 bits per heavy atom. The highest BCUT2D eigenvalue weighted by molar-refractivity contribution is 5.91. The van der Waals surface area contributed by atoms with Crippen LogP contribution in [-0.2, 0) is 4.74 Å². The molecule has 0 saturated carbocycles. The van der Waals surface area contributed by atoms with Gasteiger partial charge in [-0.3, -0.25) is 0 Å². The second-order valence-electron chi connectivity index (χ2n) is 3.38. The van der Waals surface area contributed by atoms with Crippen LogP contribution >= 0.6 is 0 Å². The Labute approximate surface area is 99.3 Å². The van der Waals surface area contributed by atoms with E-state index in [9.17, 15) is 4.79 Å². The molecule has 0 amide bonds. The Hall–Kier alpha value is -2.26. The van der Waals surface area contributed by atoms with Crippen LogP contribution in [0.15, 0.2) is 29.4 Å². The van der Waals surface area contributed by atoms with Gasteiger partial charge in [0, 0.05) is 11.5 Å². The molecule has 88 valence electrons. The molecule has 5 nitrogen and oxygen atoms in total. The van der Waals surface area contributed by atoms with Crippen LogP contribution in [0.3, 0.4) is 0 Å². The number of ether oxygens (including phenoxy) is 1. The third-order valence-electron chi connectivity index (χ3n) is 2.23. The summed E-state index contributed by atoms with van der Waals surface area (Å²) in [5, 5.41) is 3.38. The molecule has 1 rings (SSSR count). The summed E-state index contributed by atoms with van der Waals surface area (Å²) in [6.07, 6.45) is 3.52. The highest BCUT2D eigenvalue weighted by Gasteiger charge is 2.08. The predicted molar refractivity (Wildman–Crippen MR) is 65.6 cm³/mol. The van der Waals surface area contributed by atoms with Crippen LogP contribution in [0, 0.1) is 6.92 Å². The van der Waals surface area contributed by atoms with Crippen molar-refractivity contribution in [1.29, 1.82) is 0 Å². The van der Waals surface area contributed by atoms with Crippen LogP contribution in [0.25, 0.3) is 16.5 Å². The van der Waals surface area contributed by atoms with E-state index in [1.54, 1.807) is 18.2 Å². The molecule has 0 spiro atoms. The summed E-state index contributed by atoms with van der Waals surface area (Å²) in [6.45, 7) is 2.14. The molecular weight excluding hydrogens is 218 g/mol. The van der Waals surface area contributed by atoms with Gasteiger partial charge in [-0.05, 0) is 29.6 Å². The molecule has 0 aromatic heterocycles. The van der Waals surface area contributed by atoms with Crippen molar-refractivity contribution < 1.29 is 9.53 Å². The predicted octanol–water partition coefficient (Wildman–Crippen LogP) is 3.11. The first-order chi connectivity index (χ1) is 8.19. The molecule has 0 N–H and O–H groups in total. The first kappa shape index (κ1) is 12.8. The van der Waals surface area contributed by atoms with Crippen LogP contribution in [0.4, 0.5) is 0 Å². The third-order valence-corrected chi connectivity index (χ3v) is 2.23. The van der Waals surface area contributed by atoms with Crippen molar-refractivity contribution in [1.82, 2.24) is 0 Å². The van der Waals surface area contributed by atoms with Crippen LogP contribution in [0.2, 0.25) is 0 Å². The lowest BCUT2D eigenvalue weighted by atomic mass is 10.0. The van der Waals surface area contributed by atoms with E-state index in [0.29, 0.717) is 5.56 Å². The zero-order chi connectivity index (χ0) is 12.7. The van der Waals surface area contributed by atoms with Crippen molar-refractivity contribution in [2.24, 2.45) is 5.11 Å². The van der Waals surface area contributed by atoms with E-state index in [1.807, 2.05) is 19.1 Å². The summed E-state index contributed by atoms with van der Waals surface area (Å²) in [7, 11) is 1.35. The van der Waals surface area contributed by atoms with Gasteiger partial charge in [0.05, 0.1) is 12.7 Å². The molecule has 0 aliphatic heterocycles. The number of rotatable bonds is 4. The van der Waals surface area contributed by atoms with Crippen molar-refractivity contribution in [3.63, 3.8) is 0 Å². The van der Waals surface area contributed by atoms with E-state index >= 15 is 0 Å². The van der Waals surface area contributed by atoms with Gasteiger partial charge >= 0.3 is 5.97 Å². The molecule has 1 aromatic carbocycles. The van der Waals surface area contributed by atoms with Gasteiger partial charge in [0.25, 0.3) is 0 Å². The highest BCUT2D eigenvalue weighted by Crippen LogP contribution is 2.13. The van der Waals surface area contributed by atoms with Gasteiger partial charge in [0.2, 0.25) is 0 Å². The van der Waals surface area contributed by atoms with Crippen molar-refractivity contribution in [3.8, 4) is 0 Å². The number of hydrogen-bond acceptors (Lipinski definition) is 3. The van der Waals surface area contributed by atoms with Gasteiger partial charge < -0.3 is 4.74 Å². The summed E-state index contributed by atoms with van der Waals surface area (Å²) in [5.74, 6) is -0.354. The highest BCUT2D eigenvalue weighted by atomic mass is 16.5. The summed E-state index contributed by atoms with van der Waals surface area (Å²) >= 11 is 0. The first-order valence-corrected chi connectivity index (χ1v) is 5.05. The molecule has 0 aliphatic carbocycles. The Bertz CT molecular complexity index is 489. The molecule has 0 saturated heterocycles. The van der Waals surface area contributed by atoms with E-state index < -0.39 is 0 Å². The lowest BCUT2D eigenvalue weighted by Gasteiger charge is -2.04. The maximum absolute atomic E-state index is 11.4. The number of azide groups is 1. The molecular formula is C12H13N3O2. The van der Waals surface area contributed by atoms with Gasteiger partial charge in [0.15, 0.2) is 0 Å². The maximum atomic E-state index is 11.4. The van der Waals surface area contributed by atoms with Gasteiger partial charge in [-0.15, -0.1) is 0 Å². The fraction of sp³-hybridized carbons (Fsp3) is 0.250. The second-order valence-corrected chi connectivity index (χ2v) is 3.38. The van der Waals surface area contributed by atoms with Crippen molar-refractivity contribution in [2.75, 3.05) is 13.7 Å². The number of aryl methyl sites for hydroxylation is 1.